The number of likely N-dealkylation sites (tertiary alicyclic amines) is 1. The van der Waals surface area contributed by atoms with Gasteiger partial charge in [-0.25, -0.2) is 9.37 Å². The average molecular weight is 473 g/mol. The molecule has 0 aromatic carbocycles. The fraction of sp³-hybridized carbons (Fsp3) is 0.318. The van der Waals surface area contributed by atoms with E-state index in [-0.39, 0.29) is 35.7 Å². The van der Waals surface area contributed by atoms with Crippen LogP contribution in [-0.4, -0.2) is 57.1 Å². The summed E-state index contributed by atoms with van der Waals surface area (Å²) in [4.78, 5) is 35.0. The molecular formula is C22H22ClFN6O3. The molecule has 0 unspecified atom stereocenters. The summed E-state index contributed by atoms with van der Waals surface area (Å²) in [6, 6.07) is 6.09. The number of pyridine rings is 2. The van der Waals surface area contributed by atoms with Crippen molar-refractivity contribution in [2.45, 2.75) is 19.4 Å². The van der Waals surface area contributed by atoms with Gasteiger partial charge < -0.3 is 15.0 Å². The number of aromatic amines is 1. The van der Waals surface area contributed by atoms with E-state index in [1.807, 2.05) is 0 Å². The van der Waals surface area contributed by atoms with Crippen LogP contribution in [-0.2, 0) is 11.3 Å². The zero-order chi connectivity index (χ0) is 23.4. The number of halogens is 2. The van der Waals surface area contributed by atoms with Gasteiger partial charge in [-0.2, -0.15) is 5.10 Å². The zero-order valence-corrected chi connectivity index (χ0v) is 18.6. The third kappa shape index (κ3) is 5.11. The molecule has 0 radical (unpaired) electrons. The lowest BCUT2D eigenvalue weighted by Gasteiger charge is -2.30. The number of carbonyl (C=O) groups is 2. The standard InChI is InChI=1S/C22H22ClFN6O3/c1-33-20-9-14(15(23)11-26-20)17-10-18(29-28-17)22(32)30-7-4-13(5-8-30)21(31)27-12-19-16(24)3-2-6-25-19/h2-3,6,9-11,13H,4-5,7-8,12H2,1H3,(H,27,31)(H,28,29). The summed E-state index contributed by atoms with van der Waals surface area (Å²) in [6.07, 6.45) is 3.96. The molecule has 11 heteroatoms. The quantitative estimate of drug-likeness (QED) is 0.570. The first-order valence-electron chi connectivity index (χ1n) is 10.4. The van der Waals surface area contributed by atoms with Crippen LogP contribution in [0.15, 0.2) is 36.7 Å². The Hall–Kier alpha value is -3.53. The fourth-order valence-corrected chi connectivity index (χ4v) is 3.88. The van der Waals surface area contributed by atoms with Crippen LogP contribution in [0.25, 0.3) is 11.3 Å². The predicted octanol–water partition coefficient (Wildman–Crippen LogP) is 2.84. The second-order valence-electron chi connectivity index (χ2n) is 7.59. The van der Waals surface area contributed by atoms with Crippen molar-refractivity contribution in [1.29, 1.82) is 0 Å². The number of hydrogen-bond donors (Lipinski definition) is 2. The molecule has 0 spiro atoms. The van der Waals surface area contributed by atoms with Gasteiger partial charge in [0.15, 0.2) is 5.69 Å². The third-order valence-corrected chi connectivity index (χ3v) is 5.85. The van der Waals surface area contributed by atoms with Crippen LogP contribution in [0.3, 0.4) is 0 Å². The number of piperidine rings is 1. The summed E-state index contributed by atoms with van der Waals surface area (Å²) in [5.74, 6) is -0.718. The molecule has 172 valence electrons. The van der Waals surface area contributed by atoms with Gasteiger partial charge in [0.1, 0.15) is 5.82 Å². The molecule has 9 nitrogen and oxygen atoms in total. The summed E-state index contributed by atoms with van der Waals surface area (Å²) in [5, 5.41) is 10.1. The summed E-state index contributed by atoms with van der Waals surface area (Å²) >= 11 is 6.22. The highest BCUT2D eigenvalue weighted by Crippen LogP contribution is 2.29. The number of ether oxygens (including phenoxy) is 1. The smallest absolute Gasteiger partial charge is 0.274 e. The molecule has 1 saturated heterocycles. The monoisotopic (exact) mass is 472 g/mol. The van der Waals surface area contributed by atoms with E-state index in [0.29, 0.717) is 48.1 Å². The van der Waals surface area contributed by atoms with Crippen LogP contribution in [0.2, 0.25) is 5.02 Å². The van der Waals surface area contributed by atoms with Gasteiger partial charge in [-0.3, -0.25) is 19.7 Å². The molecule has 33 heavy (non-hydrogen) atoms. The number of H-pyrrole nitrogens is 1. The Kier molecular flexibility index (Phi) is 6.83. The largest absolute Gasteiger partial charge is 0.481 e. The number of rotatable bonds is 6. The van der Waals surface area contributed by atoms with Crippen LogP contribution in [0.4, 0.5) is 4.39 Å². The third-order valence-electron chi connectivity index (χ3n) is 5.54. The molecule has 3 aromatic heterocycles. The molecule has 3 aromatic rings. The van der Waals surface area contributed by atoms with Crippen molar-refractivity contribution in [3.05, 3.63) is 58.9 Å². The lowest BCUT2D eigenvalue weighted by Crippen LogP contribution is -2.43. The van der Waals surface area contributed by atoms with E-state index in [1.165, 1.54) is 31.6 Å². The molecule has 1 fully saturated rings. The SMILES string of the molecule is COc1cc(-c2cc(C(=O)N3CCC(C(=O)NCc4ncccc4F)CC3)n[nH]2)c(Cl)cn1. The van der Waals surface area contributed by atoms with Crippen molar-refractivity contribution in [3.8, 4) is 17.1 Å². The second kappa shape index (κ2) is 9.95. The van der Waals surface area contributed by atoms with E-state index in [4.69, 9.17) is 16.3 Å². The summed E-state index contributed by atoms with van der Waals surface area (Å²) in [6.45, 7) is 0.866. The van der Waals surface area contributed by atoms with Crippen molar-refractivity contribution in [1.82, 2.24) is 30.4 Å². The number of aromatic nitrogens is 4. The number of amides is 2. The van der Waals surface area contributed by atoms with Crippen molar-refractivity contribution in [2.75, 3.05) is 20.2 Å². The van der Waals surface area contributed by atoms with Gasteiger partial charge in [-0.05, 0) is 31.0 Å². The Morgan fingerprint density at radius 3 is 2.82 bits per heavy atom. The molecule has 4 heterocycles. The first kappa shape index (κ1) is 22.7. The molecule has 1 aliphatic heterocycles. The molecule has 0 bridgehead atoms. The number of nitrogens with zero attached hydrogens (tertiary/aromatic N) is 4. The normalized spacial score (nSPS) is 14.2. The van der Waals surface area contributed by atoms with Gasteiger partial charge in [-0.1, -0.05) is 11.6 Å². The van der Waals surface area contributed by atoms with Gasteiger partial charge in [0.25, 0.3) is 5.91 Å². The predicted molar refractivity (Wildman–Crippen MR) is 118 cm³/mol. The van der Waals surface area contributed by atoms with E-state index in [0.717, 1.165) is 0 Å². The first-order valence-corrected chi connectivity index (χ1v) is 10.8. The topological polar surface area (TPSA) is 113 Å². The maximum Gasteiger partial charge on any atom is 0.274 e. The van der Waals surface area contributed by atoms with Crippen molar-refractivity contribution < 1.29 is 18.7 Å². The van der Waals surface area contributed by atoms with Gasteiger partial charge in [0.05, 0.1) is 36.3 Å². The van der Waals surface area contributed by atoms with Gasteiger partial charge >= 0.3 is 0 Å². The molecule has 1 aliphatic rings. The molecule has 0 atom stereocenters. The minimum absolute atomic E-state index is 0.0308. The van der Waals surface area contributed by atoms with E-state index < -0.39 is 5.82 Å². The lowest BCUT2D eigenvalue weighted by atomic mass is 9.95. The van der Waals surface area contributed by atoms with Gasteiger partial charge in [0, 0.05) is 36.8 Å². The van der Waals surface area contributed by atoms with E-state index >= 15 is 0 Å². The van der Waals surface area contributed by atoms with E-state index in [1.54, 1.807) is 17.0 Å². The summed E-state index contributed by atoms with van der Waals surface area (Å²) < 4.78 is 18.8. The number of nitrogens with one attached hydrogen (secondary N) is 2. The fourth-order valence-electron chi connectivity index (χ4n) is 3.68. The second-order valence-corrected chi connectivity index (χ2v) is 8.00. The maximum absolute atomic E-state index is 13.7. The van der Waals surface area contributed by atoms with Crippen LogP contribution in [0.1, 0.15) is 29.0 Å². The Morgan fingerprint density at radius 2 is 2.09 bits per heavy atom. The Morgan fingerprint density at radius 1 is 1.30 bits per heavy atom. The van der Waals surface area contributed by atoms with Crippen molar-refractivity contribution >= 4 is 23.4 Å². The molecular weight excluding hydrogens is 451 g/mol. The highest BCUT2D eigenvalue weighted by atomic mass is 35.5. The Bertz CT molecular complexity index is 1160. The highest BCUT2D eigenvalue weighted by Gasteiger charge is 2.29. The maximum atomic E-state index is 13.7. The van der Waals surface area contributed by atoms with Gasteiger partial charge in [0.2, 0.25) is 11.8 Å². The van der Waals surface area contributed by atoms with Crippen LogP contribution in [0.5, 0.6) is 5.88 Å². The number of methoxy groups -OCH3 is 1. The average Bonchev–Trinajstić information content (AvgIpc) is 3.33. The minimum atomic E-state index is -0.455. The van der Waals surface area contributed by atoms with Gasteiger partial charge in [-0.15, -0.1) is 0 Å². The van der Waals surface area contributed by atoms with E-state index in [9.17, 15) is 14.0 Å². The molecule has 0 aliphatic carbocycles. The highest BCUT2D eigenvalue weighted by molar-refractivity contribution is 6.33. The summed E-state index contributed by atoms with van der Waals surface area (Å²) in [7, 11) is 1.50. The Labute approximate surface area is 194 Å². The van der Waals surface area contributed by atoms with Crippen molar-refractivity contribution in [3.63, 3.8) is 0 Å². The van der Waals surface area contributed by atoms with Crippen LogP contribution >= 0.6 is 11.6 Å². The van der Waals surface area contributed by atoms with Crippen LogP contribution in [0, 0.1) is 11.7 Å². The molecule has 4 rings (SSSR count). The van der Waals surface area contributed by atoms with Crippen LogP contribution < -0.4 is 10.1 Å². The Balaban J connectivity index is 1.33. The number of hydrogen-bond acceptors (Lipinski definition) is 6. The lowest BCUT2D eigenvalue weighted by molar-refractivity contribution is -0.126. The summed E-state index contributed by atoms with van der Waals surface area (Å²) in [5.41, 5.74) is 1.64. The zero-order valence-electron chi connectivity index (χ0n) is 17.8. The first-order chi connectivity index (χ1) is 16.0. The molecule has 0 saturated carbocycles. The number of carbonyl (C=O) groups excluding carboxylic acids is 2. The van der Waals surface area contributed by atoms with E-state index in [2.05, 4.69) is 25.5 Å². The molecule has 2 N–H and O–H groups in total. The minimum Gasteiger partial charge on any atom is -0.481 e. The van der Waals surface area contributed by atoms with Crippen molar-refractivity contribution in [2.24, 2.45) is 5.92 Å². The molecule has 2 amide bonds.